The molecule has 0 bridgehead atoms. The van der Waals surface area contributed by atoms with Crippen LogP contribution in [-0.2, 0) is 12.8 Å². The summed E-state index contributed by atoms with van der Waals surface area (Å²) in [6, 6.07) is 8.42. The van der Waals surface area contributed by atoms with Gasteiger partial charge in [-0.25, -0.2) is 0 Å². The van der Waals surface area contributed by atoms with Gasteiger partial charge in [-0.2, -0.15) is 0 Å². The molecular weight excluding hydrogens is 200 g/mol. The van der Waals surface area contributed by atoms with Crippen LogP contribution in [0.5, 0.6) is 0 Å². The fraction of sp³-hybridized carbons (Fsp3) is 0.333. The molecule has 4 heteroatoms. The molecular formula is C12H16N4. The molecule has 0 fully saturated rings. The zero-order valence-electron chi connectivity index (χ0n) is 9.43. The van der Waals surface area contributed by atoms with Crippen molar-refractivity contribution in [3.8, 4) is 5.69 Å². The first-order valence-electron chi connectivity index (χ1n) is 5.53. The van der Waals surface area contributed by atoms with Crippen molar-refractivity contribution in [1.82, 2.24) is 14.8 Å². The monoisotopic (exact) mass is 216 g/mol. The maximum atomic E-state index is 5.53. The van der Waals surface area contributed by atoms with E-state index in [1.165, 1.54) is 5.56 Å². The molecule has 2 rings (SSSR count). The van der Waals surface area contributed by atoms with E-state index in [2.05, 4.69) is 41.4 Å². The van der Waals surface area contributed by atoms with Crippen LogP contribution in [0, 0.1) is 0 Å². The van der Waals surface area contributed by atoms with E-state index in [0.29, 0.717) is 6.54 Å². The molecule has 84 valence electrons. The Morgan fingerprint density at radius 2 is 2.00 bits per heavy atom. The zero-order valence-corrected chi connectivity index (χ0v) is 9.43. The molecule has 1 heterocycles. The van der Waals surface area contributed by atoms with Gasteiger partial charge in [0.1, 0.15) is 12.2 Å². The molecule has 0 radical (unpaired) electrons. The van der Waals surface area contributed by atoms with E-state index in [0.717, 1.165) is 24.4 Å². The predicted molar refractivity (Wildman–Crippen MR) is 63.5 cm³/mol. The number of rotatable bonds is 4. The molecule has 4 nitrogen and oxygen atoms in total. The van der Waals surface area contributed by atoms with E-state index in [9.17, 15) is 0 Å². The largest absolute Gasteiger partial charge is 0.330 e. The standard InChI is InChI=1S/C12H16N4/c1-2-10-3-5-11(6-4-10)16-9-14-15-12(16)7-8-13/h3-6,9H,2,7-8,13H2,1H3. The molecule has 0 unspecified atom stereocenters. The van der Waals surface area contributed by atoms with Gasteiger partial charge >= 0.3 is 0 Å². The normalized spacial score (nSPS) is 10.6. The van der Waals surface area contributed by atoms with Gasteiger partial charge < -0.3 is 5.73 Å². The molecule has 0 aliphatic carbocycles. The quantitative estimate of drug-likeness (QED) is 0.838. The Labute approximate surface area is 95.1 Å². The smallest absolute Gasteiger partial charge is 0.138 e. The minimum absolute atomic E-state index is 0.589. The highest BCUT2D eigenvalue weighted by molar-refractivity contribution is 5.35. The average Bonchev–Trinajstić information content (AvgIpc) is 2.78. The minimum atomic E-state index is 0.589. The van der Waals surface area contributed by atoms with E-state index in [1.807, 2.05) is 4.57 Å². The summed E-state index contributed by atoms with van der Waals surface area (Å²) in [4.78, 5) is 0. The van der Waals surface area contributed by atoms with Crippen molar-refractivity contribution in [3.05, 3.63) is 42.0 Å². The first-order chi connectivity index (χ1) is 7.85. The van der Waals surface area contributed by atoms with Crippen LogP contribution in [0.1, 0.15) is 18.3 Å². The number of nitrogens with zero attached hydrogens (tertiary/aromatic N) is 3. The van der Waals surface area contributed by atoms with Crippen LogP contribution < -0.4 is 5.73 Å². The average molecular weight is 216 g/mol. The summed E-state index contributed by atoms with van der Waals surface area (Å²) in [7, 11) is 0. The number of aromatic nitrogens is 3. The Bertz CT molecular complexity index is 444. The molecule has 0 saturated carbocycles. The number of hydrogen-bond donors (Lipinski definition) is 1. The first-order valence-corrected chi connectivity index (χ1v) is 5.53. The highest BCUT2D eigenvalue weighted by Crippen LogP contribution is 2.11. The van der Waals surface area contributed by atoms with E-state index >= 15 is 0 Å². The number of hydrogen-bond acceptors (Lipinski definition) is 3. The van der Waals surface area contributed by atoms with Crippen molar-refractivity contribution in [1.29, 1.82) is 0 Å². The highest BCUT2D eigenvalue weighted by atomic mass is 15.3. The van der Waals surface area contributed by atoms with Gasteiger partial charge in [-0.1, -0.05) is 19.1 Å². The molecule has 1 aromatic carbocycles. The molecule has 0 atom stereocenters. The zero-order chi connectivity index (χ0) is 11.4. The summed E-state index contributed by atoms with van der Waals surface area (Å²) in [5.41, 5.74) is 7.95. The maximum Gasteiger partial charge on any atom is 0.138 e. The molecule has 0 aliphatic heterocycles. The van der Waals surface area contributed by atoms with E-state index in [-0.39, 0.29) is 0 Å². The van der Waals surface area contributed by atoms with Crippen LogP contribution >= 0.6 is 0 Å². The number of benzene rings is 1. The lowest BCUT2D eigenvalue weighted by Gasteiger charge is -2.06. The lowest BCUT2D eigenvalue weighted by atomic mass is 10.1. The first kappa shape index (κ1) is 10.8. The second-order valence-electron chi connectivity index (χ2n) is 3.68. The third-order valence-electron chi connectivity index (χ3n) is 2.61. The summed E-state index contributed by atoms with van der Waals surface area (Å²) in [5, 5.41) is 7.97. The molecule has 1 aromatic heterocycles. The molecule has 0 amide bonds. The summed E-state index contributed by atoms with van der Waals surface area (Å²) in [5.74, 6) is 0.909. The van der Waals surface area contributed by atoms with Crippen LogP contribution in [0.25, 0.3) is 5.69 Å². The van der Waals surface area contributed by atoms with Gasteiger partial charge in [0.05, 0.1) is 0 Å². The molecule has 16 heavy (non-hydrogen) atoms. The molecule has 2 N–H and O–H groups in total. The van der Waals surface area contributed by atoms with Crippen LogP contribution in [0.3, 0.4) is 0 Å². The van der Waals surface area contributed by atoms with Gasteiger partial charge in [0.2, 0.25) is 0 Å². The van der Waals surface area contributed by atoms with Crippen molar-refractivity contribution < 1.29 is 0 Å². The Morgan fingerprint density at radius 3 is 2.62 bits per heavy atom. The van der Waals surface area contributed by atoms with Crippen LogP contribution in [0.15, 0.2) is 30.6 Å². The Balaban J connectivity index is 2.31. The van der Waals surface area contributed by atoms with E-state index < -0.39 is 0 Å². The second-order valence-corrected chi connectivity index (χ2v) is 3.68. The Morgan fingerprint density at radius 1 is 1.25 bits per heavy atom. The third kappa shape index (κ3) is 2.12. The van der Waals surface area contributed by atoms with E-state index in [1.54, 1.807) is 6.33 Å². The Hall–Kier alpha value is -1.68. The van der Waals surface area contributed by atoms with Crippen LogP contribution in [0.2, 0.25) is 0 Å². The summed E-state index contributed by atoms with van der Waals surface area (Å²) in [6.45, 7) is 2.74. The molecule has 0 spiro atoms. The van der Waals surface area contributed by atoms with Crippen LogP contribution in [-0.4, -0.2) is 21.3 Å². The lowest BCUT2D eigenvalue weighted by Crippen LogP contribution is -2.08. The van der Waals surface area contributed by atoms with Crippen molar-refractivity contribution in [2.75, 3.05) is 6.54 Å². The summed E-state index contributed by atoms with van der Waals surface area (Å²) < 4.78 is 1.98. The van der Waals surface area contributed by atoms with Crippen molar-refractivity contribution in [2.45, 2.75) is 19.8 Å². The fourth-order valence-corrected chi connectivity index (χ4v) is 1.67. The number of aryl methyl sites for hydroxylation is 1. The van der Waals surface area contributed by atoms with Gasteiger partial charge in [-0.05, 0) is 30.7 Å². The predicted octanol–water partition coefficient (Wildman–Crippen LogP) is 1.33. The Kier molecular flexibility index (Phi) is 3.31. The van der Waals surface area contributed by atoms with Crippen molar-refractivity contribution in [2.24, 2.45) is 5.73 Å². The van der Waals surface area contributed by atoms with Gasteiger partial charge in [0.25, 0.3) is 0 Å². The highest BCUT2D eigenvalue weighted by Gasteiger charge is 2.04. The van der Waals surface area contributed by atoms with Gasteiger partial charge in [0.15, 0.2) is 0 Å². The topological polar surface area (TPSA) is 56.7 Å². The number of nitrogens with two attached hydrogens (primary N) is 1. The molecule has 0 aliphatic rings. The van der Waals surface area contributed by atoms with E-state index in [4.69, 9.17) is 5.73 Å². The van der Waals surface area contributed by atoms with Gasteiger partial charge in [-0.15, -0.1) is 10.2 Å². The fourth-order valence-electron chi connectivity index (χ4n) is 1.67. The van der Waals surface area contributed by atoms with Gasteiger partial charge in [0, 0.05) is 12.1 Å². The SMILES string of the molecule is CCc1ccc(-n2cnnc2CCN)cc1. The van der Waals surface area contributed by atoms with Crippen LogP contribution in [0.4, 0.5) is 0 Å². The maximum absolute atomic E-state index is 5.53. The van der Waals surface area contributed by atoms with Gasteiger partial charge in [-0.3, -0.25) is 4.57 Å². The lowest BCUT2D eigenvalue weighted by molar-refractivity contribution is 0.830. The van der Waals surface area contributed by atoms with Crippen molar-refractivity contribution in [3.63, 3.8) is 0 Å². The minimum Gasteiger partial charge on any atom is -0.330 e. The summed E-state index contributed by atoms with van der Waals surface area (Å²) in [6.07, 6.45) is 3.53. The summed E-state index contributed by atoms with van der Waals surface area (Å²) >= 11 is 0. The third-order valence-corrected chi connectivity index (χ3v) is 2.61. The van der Waals surface area contributed by atoms with Crippen molar-refractivity contribution >= 4 is 0 Å². The molecule has 0 saturated heterocycles. The molecule has 2 aromatic rings. The second kappa shape index (κ2) is 4.90.